The SMILES string of the molecule is CCCOc1ccc(Cl)cc1C(=O)Nc1cc(OC)ccc1OC. The summed E-state index contributed by atoms with van der Waals surface area (Å²) in [7, 11) is 3.09. The third kappa shape index (κ3) is 4.32. The second kappa shape index (κ2) is 8.45. The zero-order chi connectivity index (χ0) is 17.5. The van der Waals surface area contributed by atoms with Gasteiger partial charge < -0.3 is 19.5 Å². The molecule has 0 aliphatic carbocycles. The average molecular weight is 350 g/mol. The summed E-state index contributed by atoms with van der Waals surface area (Å²) in [6.45, 7) is 2.52. The Morgan fingerprint density at radius 2 is 1.83 bits per heavy atom. The first-order chi connectivity index (χ1) is 11.6. The number of anilines is 1. The lowest BCUT2D eigenvalue weighted by molar-refractivity contribution is 0.102. The first kappa shape index (κ1) is 17.9. The first-order valence-electron chi connectivity index (χ1n) is 7.54. The number of rotatable bonds is 7. The first-order valence-corrected chi connectivity index (χ1v) is 7.92. The topological polar surface area (TPSA) is 56.8 Å². The van der Waals surface area contributed by atoms with Crippen LogP contribution in [-0.4, -0.2) is 26.7 Å². The van der Waals surface area contributed by atoms with Gasteiger partial charge in [0.1, 0.15) is 17.2 Å². The lowest BCUT2D eigenvalue weighted by atomic mass is 10.1. The van der Waals surface area contributed by atoms with Crippen LogP contribution in [0.1, 0.15) is 23.7 Å². The number of halogens is 1. The number of carbonyl (C=O) groups is 1. The molecule has 0 spiro atoms. The van der Waals surface area contributed by atoms with Gasteiger partial charge in [0.25, 0.3) is 5.91 Å². The molecule has 0 aromatic heterocycles. The van der Waals surface area contributed by atoms with Crippen molar-refractivity contribution in [3.8, 4) is 17.2 Å². The largest absolute Gasteiger partial charge is 0.497 e. The van der Waals surface area contributed by atoms with Gasteiger partial charge in [-0.2, -0.15) is 0 Å². The molecule has 5 nitrogen and oxygen atoms in total. The predicted molar refractivity (Wildman–Crippen MR) is 94.7 cm³/mol. The number of hydrogen-bond acceptors (Lipinski definition) is 4. The van der Waals surface area contributed by atoms with Crippen molar-refractivity contribution in [2.75, 3.05) is 26.1 Å². The van der Waals surface area contributed by atoms with Gasteiger partial charge in [0.15, 0.2) is 0 Å². The maximum atomic E-state index is 12.7. The van der Waals surface area contributed by atoms with E-state index in [1.54, 1.807) is 43.5 Å². The zero-order valence-electron chi connectivity index (χ0n) is 13.9. The van der Waals surface area contributed by atoms with E-state index in [-0.39, 0.29) is 5.91 Å². The highest BCUT2D eigenvalue weighted by Gasteiger charge is 2.16. The van der Waals surface area contributed by atoms with E-state index in [0.717, 1.165) is 6.42 Å². The molecule has 1 amide bonds. The van der Waals surface area contributed by atoms with Gasteiger partial charge in [-0.15, -0.1) is 0 Å². The number of carbonyl (C=O) groups excluding carboxylic acids is 1. The molecule has 0 radical (unpaired) electrons. The molecular formula is C18H20ClNO4. The van der Waals surface area contributed by atoms with Crippen molar-refractivity contribution in [3.63, 3.8) is 0 Å². The zero-order valence-corrected chi connectivity index (χ0v) is 14.6. The number of amides is 1. The Morgan fingerprint density at radius 3 is 2.50 bits per heavy atom. The highest BCUT2D eigenvalue weighted by molar-refractivity contribution is 6.31. The molecule has 0 bridgehead atoms. The van der Waals surface area contributed by atoms with Crippen LogP contribution in [0, 0.1) is 0 Å². The van der Waals surface area contributed by atoms with E-state index in [4.69, 9.17) is 25.8 Å². The number of methoxy groups -OCH3 is 2. The van der Waals surface area contributed by atoms with Crippen molar-refractivity contribution in [1.29, 1.82) is 0 Å². The highest BCUT2D eigenvalue weighted by atomic mass is 35.5. The fourth-order valence-electron chi connectivity index (χ4n) is 2.12. The van der Waals surface area contributed by atoms with E-state index in [1.165, 1.54) is 7.11 Å². The van der Waals surface area contributed by atoms with Crippen molar-refractivity contribution >= 4 is 23.2 Å². The summed E-state index contributed by atoms with van der Waals surface area (Å²) in [5.41, 5.74) is 0.865. The Hall–Kier alpha value is -2.40. The molecule has 1 N–H and O–H groups in total. The molecule has 2 aromatic carbocycles. The Labute approximate surface area is 146 Å². The summed E-state index contributed by atoms with van der Waals surface area (Å²) in [5, 5.41) is 3.27. The minimum atomic E-state index is -0.338. The molecule has 0 heterocycles. The molecule has 6 heteroatoms. The van der Waals surface area contributed by atoms with Crippen LogP contribution in [0.15, 0.2) is 36.4 Å². The lowest BCUT2D eigenvalue weighted by Gasteiger charge is -2.14. The quantitative estimate of drug-likeness (QED) is 0.805. The molecule has 0 aliphatic heterocycles. The van der Waals surface area contributed by atoms with E-state index >= 15 is 0 Å². The van der Waals surface area contributed by atoms with Gasteiger partial charge in [0.05, 0.1) is 32.1 Å². The number of hydrogen-bond donors (Lipinski definition) is 1. The fraction of sp³-hybridized carbons (Fsp3) is 0.278. The normalized spacial score (nSPS) is 10.2. The molecule has 24 heavy (non-hydrogen) atoms. The van der Waals surface area contributed by atoms with Gasteiger partial charge in [0, 0.05) is 11.1 Å². The number of benzene rings is 2. The average Bonchev–Trinajstić information content (AvgIpc) is 2.60. The van der Waals surface area contributed by atoms with Gasteiger partial charge in [-0.3, -0.25) is 4.79 Å². The summed E-state index contributed by atoms with van der Waals surface area (Å²) >= 11 is 6.02. The number of nitrogens with one attached hydrogen (secondary N) is 1. The van der Waals surface area contributed by atoms with Gasteiger partial charge in [0.2, 0.25) is 0 Å². The maximum Gasteiger partial charge on any atom is 0.259 e. The molecule has 0 aliphatic rings. The van der Waals surface area contributed by atoms with E-state index in [0.29, 0.717) is 40.1 Å². The van der Waals surface area contributed by atoms with Crippen LogP contribution in [0.25, 0.3) is 0 Å². The Kier molecular flexibility index (Phi) is 6.32. The molecule has 0 saturated heterocycles. The van der Waals surface area contributed by atoms with Crippen LogP contribution in [-0.2, 0) is 0 Å². The molecule has 0 fully saturated rings. The summed E-state index contributed by atoms with van der Waals surface area (Å²) in [6, 6.07) is 10.1. The van der Waals surface area contributed by atoms with E-state index in [9.17, 15) is 4.79 Å². The molecule has 0 saturated carbocycles. The Morgan fingerprint density at radius 1 is 1.08 bits per heavy atom. The van der Waals surface area contributed by atoms with E-state index < -0.39 is 0 Å². The minimum absolute atomic E-state index is 0.338. The van der Waals surface area contributed by atoms with Gasteiger partial charge >= 0.3 is 0 Å². The van der Waals surface area contributed by atoms with Crippen LogP contribution in [0.3, 0.4) is 0 Å². The smallest absolute Gasteiger partial charge is 0.259 e. The molecule has 2 rings (SSSR count). The summed E-state index contributed by atoms with van der Waals surface area (Å²) in [6.07, 6.45) is 0.841. The second-order valence-corrected chi connectivity index (χ2v) is 5.45. The van der Waals surface area contributed by atoms with Gasteiger partial charge in [-0.05, 0) is 36.8 Å². The summed E-state index contributed by atoms with van der Waals surface area (Å²) in [4.78, 5) is 12.7. The van der Waals surface area contributed by atoms with Crippen LogP contribution >= 0.6 is 11.6 Å². The third-order valence-electron chi connectivity index (χ3n) is 3.30. The summed E-state index contributed by atoms with van der Waals surface area (Å²) < 4.78 is 16.1. The second-order valence-electron chi connectivity index (χ2n) is 5.01. The van der Waals surface area contributed by atoms with Crippen LogP contribution in [0.4, 0.5) is 5.69 Å². The monoisotopic (exact) mass is 349 g/mol. The van der Waals surface area contributed by atoms with E-state index in [1.807, 2.05) is 6.92 Å². The van der Waals surface area contributed by atoms with Gasteiger partial charge in [-0.1, -0.05) is 18.5 Å². The molecule has 0 atom stereocenters. The predicted octanol–water partition coefficient (Wildman–Crippen LogP) is 4.40. The minimum Gasteiger partial charge on any atom is -0.497 e. The van der Waals surface area contributed by atoms with Crippen molar-refractivity contribution in [3.05, 3.63) is 47.0 Å². The van der Waals surface area contributed by atoms with E-state index in [2.05, 4.69) is 5.32 Å². The van der Waals surface area contributed by atoms with Crippen molar-refractivity contribution in [2.45, 2.75) is 13.3 Å². The lowest BCUT2D eigenvalue weighted by Crippen LogP contribution is -2.14. The van der Waals surface area contributed by atoms with Crippen molar-refractivity contribution in [2.24, 2.45) is 0 Å². The van der Waals surface area contributed by atoms with Crippen LogP contribution in [0.5, 0.6) is 17.2 Å². The molecule has 0 unspecified atom stereocenters. The highest BCUT2D eigenvalue weighted by Crippen LogP contribution is 2.31. The Balaban J connectivity index is 2.31. The molecule has 2 aromatic rings. The fourth-order valence-corrected chi connectivity index (χ4v) is 2.29. The Bertz CT molecular complexity index is 718. The van der Waals surface area contributed by atoms with Crippen LogP contribution < -0.4 is 19.5 Å². The molecular weight excluding hydrogens is 330 g/mol. The third-order valence-corrected chi connectivity index (χ3v) is 3.54. The van der Waals surface area contributed by atoms with Crippen LogP contribution in [0.2, 0.25) is 5.02 Å². The number of ether oxygens (including phenoxy) is 3. The standard InChI is InChI=1S/C18H20ClNO4/c1-4-9-24-16-7-5-12(19)10-14(16)18(21)20-15-11-13(22-2)6-8-17(15)23-3/h5-8,10-11H,4,9H2,1-3H3,(H,20,21). The molecule has 128 valence electrons. The van der Waals surface area contributed by atoms with Crippen molar-refractivity contribution in [1.82, 2.24) is 0 Å². The maximum absolute atomic E-state index is 12.7. The summed E-state index contributed by atoms with van der Waals surface area (Å²) in [5.74, 6) is 1.29. The van der Waals surface area contributed by atoms with Crippen molar-refractivity contribution < 1.29 is 19.0 Å². The van der Waals surface area contributed by atoms with Gasteiger partial charge in [-0.25, -0.2) is 0 Å².